The van der Waals surface area contributed by atoms with Crippen molar-refractivity contribution in [3.8, 4) is 17.9 Å². The van der Waals surface area contributed by atoms with Crippen LogP contribution in [0.25, 0.3) is 4.85 Å². The lowest BCUT2D eigenvalue weighted by atomic mass is 9.80. The fourth-order valence-corrected chi connectivity index (χ4v) is 7.37. The van der Waals surface area contributed by atoms with Crippen molar-refractivity contribution >= 4 is 11.7 Å². The number of carbonyl (C=O) groups is 1. The number of anilines is 1. The van der Waals surface area contributed by atoms with Gasteiger partial charge in [0.05, 0.1) is 11.2 Å². The summed E-state index contributed by atoms with van der Waals surface area (Å²) < 4.78 is 21.6. The highest BCUT2D eigenvalue weighted by atomic mass is 19.1. The van der Waals surface area contributed by atoms with E-state index in [-0.39, 0.29) is 24.3 Å². The third kappa shape index (κ3) is 4.97. The average Bonchev–Trinajstić information content (AvgIpc) is 3.56. The SMILES string of the molecule is [C-]#[N+]C[C@H]1CN(c2nc(OC[C@@H]3CCCN3C)nc3c2CN(C)C2(CCc4cccc(F)c42)C3)CCN1C(=O)C#CC. The number of carbonyl (C=O) groups excluding carboxylic acids is 1. The molecule has 4 aliphatic rings. The van der Waals surface area contributed by atoms with Crippen molar-refractivity contribution in [2.24, 2.45) is 0 Å². The van der Waals surface area contributed by atoms with Gasteiger partial charge in [-0.15, -0.1) is 0 Å². The Hall–Kier alpha value is -3.73. The third-order valence-electron chi connectivity index (χ3n) is 9.66. The summed E-state index contributed by atoms with van der Waals surface area (Å²) in [6, 6.07) is 5.76. The first-order valence-corrected chi connectivity index (χ1v) is 14.9. The number of piperazine rings is 1. The van der Waals surface area contributed by atoms with E-state index < -0.39 is 5.54 Å². The van der Waals surface area contributed by atoms with Crippen LogP contribution in [0.15, 0.2) is 18.2 Å². The van der Waals surface area contributed by atoms with Gasteiger partial charge in [-0.1, -0.05) is 18.1 Å². The second kappa shape index (κ2) is 11.5. The van der Waals surface area contributed by atoms with Crippen LogP contribution in [0.3, 0.4) is 0 Å². The molecule has 2 saturated heterocycles. The number of hydrogen-bond donors (Lipinski definition) is 0. The van der Waals surface area contributed by atoms with E-state index in [1.54, 1.807) is 24.0 Å². The van der Waals surface area contributed by atoms with E-state index in [4.69, 9.17) is 21.3 Å². The lowest BCUT2D eigenvalue weighted by Crippen LogP contribution is -2.57. The number of ether oxygens (including phenoxy) is 1. The molecule has 1 unspecified atom stereocenters. The van der Waals surface area contributed by atoms with Crippen LogP contribution in [0.2, 0.25) is 0 Å². The Bertz CT molecular complexity index is 1480. The second-order valence-electron chi connectivity index (χ2n) is 12.0. The van der Waals surface area contributed by atoms with Crippen molar-refractivity contribution in [3.05, 3.63) is 57.8 Å². The van der Waals surface area contributed by atoms with Crippen molar-refractivity contribution < 1.29 is 13.9 Å². The Morgan fingerprint density at radius 3 is 2.86 bits per heavy atom. The van der Waals surface area contributed by atoms with Crippen molar-refractivity contribution in [1.29, 1.82) is 0 Å². The molecule has 1 aliphatic carbocycles. The molecule has 1 amide bonds. The normalized spacial score (nSPS) is 25.5. The molecule has 220 valence electrons. The molecule has 1 aromatic carbocycles. The van der Waals surface area contributed by atoms with E-state index in [1.165, 1.54) is 0 Å². The number of aromatic nitrogens is 2. The molecule has 42 heavy (non-hydrogen) atoms. The lowest BCUT2D eigenvalue weighted by molar-refractivity contribution is -0.127. The van der Waals surface area contributed by atoms with Crippen molar-refractivity contribution in [2.75, 3.05) is 58.3 Å². The minimum atomic E-state index is -0.473. The van der Waals surface area contributed by atoms with Gasteiger partial charge in [-0.3, -0.25) is 9.69 Å². The maximum atomic E-state index is 15.4. The van der Waals surface area contributed by atoms with E-state index in [0.717, 1.165) is 60.4 Å². The number of nitrogens with zero attached hydrogens (tertiary/aromatic N) is 7. The highest BCUT2D eigenvalue weighted by Crippen LogP contribution is 2.49. The smallest absolute Gasteiger partial charge is 0.318 e. The van der Waals surface area contributed by atoms with E-state index in [0.29, 0.717) is 51.3 Å². The van der Waals surface area contributed by atoms with Crippen LogP contribution in [-0.4, -0.2) is 96.1 Å². The van der Waals surface area contributed by atoms with Crippen LogP contribution in [0.4, 0.5) is 10.2 Å². The monoisotopic (exact) mass is 571 g/mol. The molecule has 10 heteroatoms. The molecule has 1 spiro atoms. The predicted molar refractivity (Wildman–Crippen MR) is 157 cm³/mol. The fourth-order valence-electron chi connectivity index (χ4n) is 7.37. The van der Waals surface area contributed by atoms with Gasteiger partial charge in [0.1, 0.15) is 24.3 Å². The molecule has 6 rings (SSSR count). The first kappa shape index (κ1) is 28.4. The number of rotatable bonds is 5. The minimum absolute atomic E-state index is 0.159. The molecular weight excluding hydrogens is 533 g/mol. The highest BCUT2D eigenvalue weighted by Gasteiger charge is 2.48. The maximum Gasteiger partial charge on any atom is 0.318 e. The topological polar surface area (TPSA) is 69.4 Å². The number of likely N-dealkylation sites (N-methyl/N-ethyl adjacent to an activating group) is 2. The quantitative estimate of drug-likeness (QED) is 0.404. The lowest BCUT2D eigenvalue weighted by Gasteiger charge is -2.45. The number of hydrogen-bond acceptors (Lipinski definition) is 7. The molecule has 0 bridgehead atoms. The summed E-state index contributed by atoms with van der Waals surface area (Å²) in [5, 5.41) is 0. The van der Waals surface area contributed by atoms with Crippen LogP contribution in [0.1, 0.15) is 48.6 Å². The molecule has 3 atom stereocenters. The summed E-state index contributed by atoms with van der Waals surface area (Å²) in [6.45, 7) is 13.0. The Morgan fingerprint density at radius 1 is 1.24 bits per heavy atom. The summed E-state index contributed by atoms with van der Waals surface area (Å²) in [7, 11) is 4.18. The number of amides is 1. The number of fused-ring (bicyclic) bond motifs is 3. The molecule has 0 radical (unpaired) electrons. The molecule has 4 heterocycles. The number of halogens is 1. The standard InChI is InChI=1S/C32H38FN7O2/c1-5-8-28(41)40-16-15-39(19-24(40)18-34-2)30-25-20-38(4)32(13-12-22-9-6-11-26(33)29(22)32)17-27(25)35-31(36-30)42-21-23-10-7-14-37(23)3/h6,9,11,23-24H,7,10,12-21H2,1,3-4H3/t23-,24-,32?/m0/s1. The van der Waals surface area contributed by atoms with Gasteiger partial charge in [0.25, 0.3) is 5.91 Å². The highest BCUT2D eigenvalue weighted by molar-refractivity contribution is 5.94. The van der Waals surface area contributed by atoms with Gasteiger partial charge in [0.15, 0.2) is 0 Å². The van der Waals surface area contributed by atoms with Crippen LogP contribution in [0, 0.1) is 24.2 Å². The Morgan fingerprint density at radius 2 is 2.10 bits per heavy atom. The van der Waals surface area contributed by atoms with E-state index in [2.05, 4.69) is 45.5 Å². The van der Waals surface area contributed by atoms with Crippen LogP contribution < -0.4 is 9.64 Å². The predicted octanol–water partition coefficient (Wildman–Crippen LogP) is 2.88. The van der Waals surface area contributed by atoms with Crippen LogP contribution in [0.5, 0.6) is 6.01 Å². The fraction of sp³-hybridized carbons (Fsp3) is 0.562. The third-order valence-corrected chi connectivity index (χ3v) is 9.66. The molecule has 2 fully saturated rings. The van der Waals surface area contributed by atoms with Gasteiger partial charge in [-0.25, -0.2) is 11.0 Å². The second-order valence-corrected chi connectivity index (χ2v) is 12.0. The molecule has 9 nitrogen and oxygen atoms in total. The molecule has 1 aromatic heterocycles. The van der Waals surface area contributed by atoms with E-state index >= 15 is 4.39 Å². The summed E-state index contributed by atoms with van der Waals surface area (Å²) in [5.74, 6) is 5.71. The van der Waals surface area contributed by atoms with Gasteiger partial charge in [0, 0.05) is 49.8 Å². The summed E-state index contributed by atoms with van der Waals surface area (Å²) in [5.41, 5.74) is 3.28. The maximum absolute atomic E-state index is 15.4. The molecular formula is C32H38FN7O2. The van der Waals surface area contributed by atoms with E-state index in [9.17, 15) is 4.79 Å². The average molecular weight is 572 g/mol. The summed E-state index contributed by atoms with van der Waals surface area (Å²) in [4.78, 5) is 34.7. The van der Waals surface area contributed by atoms with Crippen molar-refractivity contribution in [1.82, 2.24) is 24.7 Å². The Kier molecular flexibility index (Phi) is 7.78. The summed E-state index contributed by atoms with van der Waals surface area (Å²) in [6.07, 6.45) is 4.45. The van der Waals surface area contributed by atoms with Gasteiger partial charge in [0.2, 0.25) is 6.54 Å². The van der Waals surface area contributed by atoms with Crippen LogP contribution in [-0.2, 0) is 29.7 Å². The van der Waals surface area contributed by atoms with Gasteiger partial charge in [-0.2, -0.15) is 9.97 Å². The Balaban J connectivity index is 1.37. The van der Waals surface area contributed by atoms with Gasteiger partial charge in [-0.05, 0) is 70.8 Å². The van der Waals surface area contributed by atoms with Crippen molar-refractivity contribution in [3.63, 3.8) is 0 Å². The number of likely N-dealkylation sites (tertiary alicyclic amines) is 1. The number of benzene rings is 1. The zero-order valence-corrected chi connectivity index (χ0v) is 24.7. The van der Waals surface area contributed by atoms with Gasteiger partial charge >= 0.3 is 6.01 Å². The van der Waals surface area contributed by atoms with Gasteiger partial charge < -0.3 is 24.3 Å². The Labute approximate surface area is 247 Å². The molecule has 0 saturated carbocycles. The largest absolute Gasteiger partial charge is 0.462 e. The first-order valence-electron chi connectivity index (χ1n) is 14.9. The van der Waals surface area contributed by atoms with E-state index in [1.807, 2.05) is 6.07 Å². The minimum Gasteiger partial charge on any atom is -0.462 e. The van der Waals surface area contributed by atoms with Crippen molar-refractivity contribution in [2.45, 2.75) is 63.2 Å². The zero-order chi connectivity index (χ0) is 29.4. The molecule has 3 aliphatic heterocycles. The zero-order valence-electron chi connectivity index (χ0n) is 24.7. The number of aryl methyl sites for hydroxylation is 1. The van der Waals surface area contributed by atoms with Crippen LogP contribution >= 0.6 is 0 Å². The first-order chi connectivity index (χ1) is 20.3. The molecule has 0 N–H and O–H groups in total. The molecule has 2 aromatic rings. The summed E-state index contributed by atoms with van der Waals surface area (Å²) >= 11 is 0.